The molecule has 3 aromatic rings. The Bertz CT molecular complexity index is 613. The lowest BCUT2D eigenvalue weighted by atomic mass is 10.4. The third-order valence-electron chi connectivity index (χ3n) is 2.62. The first-order chi connectivity index (χ1) is 8.92. The Morgan fingerprint density at radius 1 is 1.22 bits per heavy atom. The molecular weight excluding hydrogens is 230 g/mol. The van der Waals surface area contributed by atoms with Gasteiger partial charge in [0.2, 0.25) is 0 Å². The summed E-state index contributed by atoms with van der Waals surface area (Å²) in [7, 11) is 0. The molecule has 0 radical (unpaired) electrons. The monoisotopic (exact) mass is 243 g/mol. The predicted molar refractivity (Wildman–Crippen MR) is 66.1 cm³/mol. The smallest absolute Gasteiger partial charge is 0.177 e. The van der Waals surface area contributed by atoms with Crippen LogP contribution in [-0.4, -0.2) is 35.9 Å². The van der Waals surface area contributed by atoms with E-state index in [1.165, 1.54) is 0 Å². The van der Waals surface area contributed by atoms with Crippen LogP contribution >= 0.6 is 0 Å². The molecule has 0 aliphatic rings. The molecule has 0 saturated heterocycles. The van der Waals surface area contributed by atoms with Gasteiger partial charge in [-0.25, -0.2) is 4.98 Å². The van der Waals surface area contributed by atoms with Gasteiger partial charge in [0.15, 0.2) is 5.65 Å². The largest absolute Gasteiger partial charge is 0.369 e. The molecule has 0 bridgehead atoms. The van der Waals surface area contributed by atoms with Gasteiger partial charge >= 0.3 is 0 Å². The molecular formula is C11H13N7. The second-order valence-corrected chi connectivity index (χ2v) is 3.93. The van der Waals surface area contributed by atoms with Crippen molar-refractivity contribution in [3.63, 3.8) is 0 Å². The summed E-state index contributed by atoms with van der Waals surface area (Å²) < 4.78 is 3.70. The fourth-order valence-electron chi connectivity index (χ4n) is 1.72. The minimum absolute atomic E-state index is 0.749. The SMILES string of the molecule is c1cn(CCCNc2ccc3nncn3n2)cn1. The fourth-order valence-corrected chi connectivity index (χ4v) is 1.72. The van der Waals surface area contributed by atoms with Crippen molar-refractivity contribution in [1.82, 2.24) is 29.4 Å². The minimum atomic E-state index is 0.749. The first-order valence-corrected chi connectivity index (χ1v) is 5.78. The van der Waals surface area contributed by atoms with Gasteiger partial charge in [-0.3, -0.25) is 0 Å². The van der Waals surface area contributed by atoms with Crippen LogP contribution in [0.4, 0.5) is 5.82 Å². The maximum Gasteiger partial charge on any atom is 0.177 e. The second-order valence-electron chi connectivity index (χ2n) is 3.93. The fraction of sp³-hybridized carbons (Fsp3) is 0.273. The zero-order chi connectivity index (χ0) is 12.2. The molecule has 0 aromatic carbocycles. The maximum absolute atomic E-state index is 4.33. The standard InChI is InChI=1S/C11H13N7/c1(6-17-7-5-12-8-17)4-13-10-2-3-11-15-14-9-18(11)16-10/h2-3,5,7-9H,1,4,6H2,(H,13,16). The van der Waals surface area contributed by atoms with E-state index in [2.05, 4.69) is 30.2 Å². The molecule has 3 aromatic heterocycles. The summed E-state index contributed by atoms with van der Waals surface area (Å²) in [4.78, 5) is 4.00. The number of hydrogen-bond acceptors (Lipinski definition) is 5. The van der Waals surface area contributed by atoms with Crippen LogP contribution in [0.15, 0.2) is 37.2 Å². The Morgan fingerprint density at radius 3 is 3.11 bits per heavy atom. The van der Waals surface area contributed by atoms with Crippen molar-refractivity contribution in [3.05, 3.63) is 37.2 Å². The van der Waals surface area contributed by atoms with Crippen LogP contribution in [0.3, 0.4) is 0 Å². The van der Waals surface area contributed by atoms with Crippen molar-refractivity contribution in [2.45, 2.75) is 13.0 Å². The maximum atomic E-state index is 4.33. The van der Waals surface area contributed by atoms with Crippen LogP contribution in [0.5, 0.6) is 0 Å². The van der Waals surface area contributed by atoms with E-state index in [1.54, 1.807) is 17.0 Å². The lowest BCUT2D eigenvalue weighted by Gasteiger charge is -2.05. The van der Waals surface area contributed by atoms with Crippen LogP contribution < -0.4 is 5.32 Å². The molecule has 7 nitrogen and oxygen atoms in total. The van der Waals surface area contributed by atoms with E-state index < -0.39 is 0 Å². The Hall–Kier alpha value is -2.44. The summed E-state index contributed by atoms with van der Waals surface area (Å²) in [5.41, 5.74) is 0.749. The summed E-state index contributed by atoms with van der Waals surface area (Å²) in [5.74, 6) is 0.827. The van der Waals surface area contributed by atoms with Gasteiger partial charge in [0, 0.05) is 25.5 Å². The quantitative estimate of drug-likeness (QED) is 0.672. The number of nitrogens with zero attached hydrogens (tertiary/aromatic N) is 6. The topological polar surface area (TPSA) is 72.9 Å². The molecule has 1 N–H and O–H groups in total. The van der Waals surface area contributed by atoms with Crippen LogP contribution in [-0.2, 0) is 6.54 Å². The number of hydrogen-bond donors (Lipinski definition) is 1. The van der Waals surface area contributed by atoms with E-state index in [9.17, 15) is 0 Å². The molecule has 0 fully saturated rings. The first kappa shape index (κ1) is 10.7. The Labute approximate surface area is 103 Å². The highest BCUT2D eigenvalue weighted by atomic mass is 15.4. The molecule has 0 unspecified atom stereocenters. The Morgan fingerprint density at radius 2 is 2.22 bits per heavy atom. The third-order valence-corrected chi connectivity index (χ3v) is 2.62. The van der Waals surface area contributed by atoms with Gasteiger partial charge in [-0.1, -0.05) is 0 Å². The Balaban J connectivity index is 1.53. The molecule has 0 aliphatic heterocycles. The van der Waals surface area contributed by atoms with Crippen molar-refractivity contribution >= 4 is 11.5 Å². The highest BCUT2D eigenvalue weighted by Crippen LogP contribution is 2.04. The number of aryl methyl sites for hydroxylation is 1. The van der Waals surface area contributed by atoms with Crippen molar-refractivity contribution in [2.24, 2.45) is 0 Å². The molecule has 0 saturated carbocycles. The van der Waals surface area contributed by atoms with Crippen LogP contribution in [0.2, 0.25) is 0 Å². The molecule has 3 rings (SSSR count). The molecule has 0 amide bonds. The molecule has 3 heterocycles. The molecule has 92 valence electrons. The summed E-state index contributed by atoms with van der Waals surface area (Å²) in [6, 6.07) is 3.79. The number of rotatable bonds is 5. The summed E-state index contributed by atoms with van der Waals surface area (Å²) in [6.07, 6.45) is 8.17. The van der Waals surface area contributed by atoms with Crippen molar-refractivity contribution < 1.29 is 0 Å². The first-order valence-electron chi connectivity index (χ1n) is 5.78. The minimum Gasteiger partial charge on any atom is -0.369 e. The predicted octanol–water partition coefficient (Wildman–Crippen LogP) is 0.823. The van der Waals surface area contributed by atoms with Gasteiger partial charge in [-0.05, 0) is 18.6 Å². The molecule has 0 aliphatic carbocycles. The van der Waals surface area contributed by atoms with E-state index in [1.807, 2.05) is 24.7 Å². The van der Waals surface area contributed by atoms with Crippen molar-refractivity contribution in [2.75, 3.05) is 11.9 Å². The van der Waals surface area contributed by atoms with Gasteiger partial charge < -0.3 is 9.88 Å². The summed E-state index contributed by atoms with van der Waals surface area (Å²) in [5, 5.41) is 15.3. The van der Waals surface area contributed by atoms with E-state index in [0.29, 0.717) is 0 Å². The van der Waals surface area contributed by atoms with E-state index in [4.69, 9.17) is 0 Å². The van der Waals surface area contributed by atoms with Gasteiger partial charge in [0.25, 0.3) is 0 Å². The van der Waals surface area contributed by atoms with E-state index >= 15 is 0 Å². The molecule has 18 heavy (non-hydrogen) atoms. The van der Waals surface area contributed by atoms with E-state index in [0.717, 1.165) is 31.0 Å². The average Bonchev–Trinajstić information content (AvgIpc) is 3.05. The molecule has 0 atom stereocenters. The van der Waals surface area contributed by atoms with E-state index in [-0.39, 0.29) is 0 Å². The van der Waals surface area contributed by atoms with Crippen LogP contribution in [0.25, 0.3) is 5.65 Å². The summed E-state index contributed by atoms with van der Waals surface area (Å²) >= 11 is 0. The summed E-state index contributed by atoms with van der Waals surface area (Å²) in [6.45, 7) is 1.81. The number of aromatic nitrogens is 6. The van der Waals surface area contributed by atoms with Crippen molar-refractivity contribution in [3.8, 4) is 0 Å². The normalized spacial score (nSPS) is 10.9. The molecule has 7 heteroatoms. The van der Waals surface area contributed by atoms with Crippen LogP contribution in [0, 0.1) is 0 Å². The number of fused-ring (bicyclic) bond motifs is 1. The van der Waals surface area contributed by atoms with Gasteiger partial charge in [0.1, 0.15) is 12.1 Å². The number of anilines is 1. The molecule has 0 spiro atoms. The highest BCUT2D eigenvalue weighted by Gasteiger charge is 1.98. The van der Waals surface area contributed by atoms with Crippen molar-refractivity contribution in [1.29, 1.82) is 0 Å². The van der Waals surface area contributed by atoms with Crippen LogP contribution in [0.1, 0.15) is 6.42 Å². The number of imidazole rings is 1. The second kappa shape index (κ2) is 4.82. The van der Waals surface area contributed by atoms with Gasteiger partial charge in [0.05, 0.1) is 6.33 Å². The highest BCUT2D eigenvalue weighted by molar-refractivity contribution is 5.42. The lowest BCUT2D eigenvalue weighted by molar-refractivity contribution is 0.659. The zero-order valence-corrected chi connectivity index (χ0v) is 9.77. The van der Waals surface area contributed by atoms with Gasteiger partial charge in [-0.2, -0.15) is 4.52 Å². The lowest BCUT2D eigenvalue weighted by Crippen LogP contribution is -2.08. The van der Waals surface area contributed by atoms with Gasteiger partial charge in [-0.15, -0.1) is 15.3 Å². The average molecular weight is 243 g/mol. The zero-order valence-electron chi connectivity index (χ0n) is 9.77. The third kappa shape index (κ3) is 2.29. The number of nitrogens with one attached hydrogen (secondary N) is 1. The Kier molecular flexibility index (Phi) is 2.87.